The molecule has 54 heavy (non-hydrogen) atoms. The van der Waals surface area contributed by atoms with Crippen molar-refractivity contribution < 1.29 is 98.9 Å². The predicted molar refractivity (Wildman–Crippen MR) is 174 cm³/mol. The lowest BCUT2D eigenvalue weighted by molar-refractivity contribution is -0.385. The molecule has 0 radical (unpaired) electrons. The molecule has 0 aromatic carbocycles. The molecule has 1 amide bonds. The van der Waals surface area contributed by atoms with Crippen LogP contribution < -0.4 is 16.8 Å². The van der Waals surface area contributed by atoms with Crippen molar-refractivity contribution in [3.8, 4) is 0 Å². The second kappa shape index (κ2) is 20.9. The Balaban J connectivity index is 1.46. The number of carbonyl (C=O) groups is 1. The van der Waals surface area contributed by atoms with Crippen molar-refractivity contribution in [1.82, 2.24) is 5.32 Å². The lowest BCUT2D eigenvalue weighted by Crippen LogP contribution is -2.69. The van der Waals surface area contributed by atoms with E-state index in [4.69, 9.17) is 49.4 Å². The topological polar surface area (TPSA) is 378 Å². The molecule has 0 saturated carbocycles. The molecule has 0 aliphatic carbocycles. The second-order valence-electron chi connectivity index (χ2n) is 13.6. The molecule has 0 bridgehead atoms. The number of carbonyl (C=O) groups excluding carboxylic acids is 1. The van der Waals surface area contributed by atoms with E-state index in [0.29, 0.717) is 13.0 Å². The maximum absolute atomic E-state index is 11.9. The Kier molecular flexibility index (Phi) is 17.5. The van der Waals surface area contributed by atoms with Crippen LogP contribution in [0.4, 0.5) is 0 Å². The molecule has 4 aliphatic rings. The SMILES string of the molecule is CC(=O)NC1C(OC2C(O)C(CO)OC(OC3C(CO)OC(OC4C(CN)OC(OCCCCCN)C(O)C4O)C(O)C3O)C2O)OC(CO)C(O)C1O. The summed E-state index contributed by atoms with van der Waals surface area (Å²) in [6, 6.07) is -1.48. The molecule has 16 N–H and O–H groups in total. The van der Waals surface area contributed by atoms with E-state index < -0.39 is 148 Å². The predicted octanol–water partition coefficient (Wildman–Crippen LogP) is -8.49. The van der Waals surface area contributed by atoms with Crippen LogP contribution in [0.2, 0.25) is 0 Å². The van der Waals surface area contributed by atoms with Gasteiger partial charge in [-0.15, -0.1) is 0 Å². The third kappa shape index (κ3) is 10.4. The molecule has 4 fully saturated rings. The van der Waals surface area contributed by atoms with Crippen LogP contribution >= 0.6 is 0 Å². The molecule has 0 aromatic rings. The van der Waals surface area contributed by atoms with Gasteiger partial charge in [0.25, 0.3) is 0 Å². The van der Waals surface area contributed by atoms with Crippen molar-refractivity contribution in [3.05, 3.63) is 0 Å². The summed E-state index contributed by atoms with van der Waals surface area (Å²) in [5.41, 5.74) is 11.3. The largest absolute Gasteiger partial charge is 0.394 e. The van der Waals surface area contributed by atoms with Crippen molar-refractivity contribution in [2.45, 2.75) is 149 Å². The van der Waals surface area contributed by atoms with E-state index in [1.54, 1.807) is 0 Å². The zero-order valence-corrected chi connectivity index (χ0v) is 29.7. The Morgan fingerprint density at radius 1 is 0.556 bits per heavy atom. The maximum atomic E-state index is 11.9. The summed E-state index contributed by atoms with van der Waals surface area (Å²) < 4.78 is 45.4. The van der Waals surface area contributed by atoms with Crippen LogP contribution in [0.25, 0.3) is 0 Å². The van der Waals surface area contributed by atoms with Crippen LogP contribution in [0.5, 0.6) is 0 Å². The van der Waals surface area contributed by atoms with Gasteiger partial charge in [-0.3, -0.25) is 4.79 Å². The number of nitrogens with one attached hydrogen (secondary N) is 1. The van der Waals surface area contributed by atoms with Crippen LogP contribution in [-0.4, -0.2) is 224 Å². The molecule has 20 atom stereocenters. The fourth-order valence-electron chi connectivity index (χ4n) is 6.73. The zero-order chi connectivity index (χ0) is 39.9. The monoisotopic (exact) mass is 791 g/mol. The average molecular weight is 792 g/mol. The van der Waals surface area contributed by atoms with Crippen LogP contribution in [0, 0.1) is 0 Å². The quantitative estimate of drug-likeness (QED) is 0.0608. The van der Waals surface area contributed by atoms with Gasteiger partial charge in [-0.05, 0) is 25.8 Å². The second-order valence-corrected chi connectivity index (χ2v) is 13.6. The lowest BCUT2D eigenvalue weighted by Gasteiger charge is -2.49. The number of nitrogens with two attached hydrogens (primary N) is 2. The minimum atomic E-state index is -2.00. The molecular weight excluding hydrogens is 734 g/mol. The van der Waals surface area contributed by atoms with Crippen molar-refractivity contribution in [2.75, 3.05) is 39.5 Å². The first-order chi connectivity index (χ1) is 25.7. The number of hydrogen-bond donors (Lipinski definition) is 14. The minimum Gasteiger partial charge on any atom is -0.394 e. The van der Waals surface area contributed by atoms with E-state index in [0.717, 1.165) is 19.8 Å². The van der Waals surface area contributed by atoms with Gasteiger partial charge in [-0.2, -0.15) is 0 Å². The summed E-state index contributed by atoms with van der Waals surface area (Å²) in [7, 11) is 0. The van der Waals surface area contributed by atoms with E-state index in [9.17, 15) is 61.0 Å². The number of unbranched alkanes of at least 4 members (excludes halogenated alkanes) is 2. The maximum Gasteiger partial charge on any atom is 0.217 e. The number of rotatable bonds is 17. The lowest BCUT2D eigenvalue weighted by atomic mass is 9.95. The van der Waals surface area contributed by atoms with E-state index in [1.807, 2.05) is 0 Å². The third-order valence-electron chi connectivity index (χ3n) is 9.77. The van der Waals surface area contributed by atoms with Crippen molar-refractivity contribution in [3.63, 3.8) is 0 Å². The van der Waals surface area contributed by atoms with Gasteiger partial charge in [0.1, 0.15) is 97.6 Å². The molecule has 0 spiro atoms. The highest BCUT2D eigenvalue weighted by Crippen LogP contribution is 2.34. The number of aliphatic hydroxyl groups excluding tert-OH is 11. The summed E-state index contributed by atoms with van der Waals surface area (Å²) in [6.45, 7) is -0.989. The van der Waals surface area contributed by atoms with E-state index >= 15 is 0 Å². The molecule has 20 unspecified atom stereocenters. The Labute approximate surface area is 310 Å². The summed E-state index contributed by atoms with van der Waals surface area (Å²) in [5.74, 6) is -0.682. The highest BCUT2D eigenvalue weighted by Gasteiger charge is 2.55. The van der Waals surface area contributed by atoms with E-state index in [2.05, 4.69) is 5.32 Å². The smallest absolute Gasteiger partial charge is 0.217 e. The summed E-state index contributed by atoms with van der Waals surface area (Å²) in [4.78, 5) is 11.9. The van der Waals surface area contributed by atoms with Crippen LogP contribution in [0.1, 0.15) is 26.2 Å². The van der Waals surface area contributed by atoms with Gasteiger partial charge < -0.3 is 111 Å². The van der Waals surface area contributed by atoms with Gasteiger partial charge in [-0.25, -0.2) is 0 Å². The highest BCUT2D eigenvalue weighted by atomic mass is 16.8. The van der Waals surface area contributed by atoms with Crippen LogP contribution in [0.15, 0.2) is 0 Å². The van der Waals surface area contributed by atoms with Gasteiger partial charge in [0.2, 0.25) is 5.91 Å². The van der Waals surface area contributed by atoms with Gasteiger partial charge in [-0.1, -0.05) is 0 Å². The molecule has 4 rings (SSSR count). The highest BCUT2D eigenvalue weighted by molar-refractivity contribution is 5.73. The Bertz CT molecular complexity index is 1130. The van der Waals surface area contributed by atoms with Crippen molar-refractivity contribution >= 4 is 5.91 Å². The van der Waals surface area contributed by atoms with Crippen molar-refractivity contribution in [2.24, 2.45) is 11.5 Å². The first-order valence-corrected chi connectivity index (χ1v) is 17.9. The summed E-state index contributed by atoms with van der Waals surface area (Å²) in [6.07, 6.45) is -29.4. The van der Waals surface area contributed by atoms with E-state index in [-0.39, 0.29) is 13.2 Å². The van der Waals surface area contributed by atoms with Crippen LogP contribution in [0.3, 0.4) is 0 Å². The molecule has 23 nitrogen and oxygen atoms in total. The normalized spacial score (nSPS) is 46.0. The molecule has 0 aromatic heterocycles. The van der Waals surface area contributed by atoms with E-state index in [1.165, 1.54) is 0 Å². The first kappa shape index (κ1) is 45.3. The molecule has 23 heteroatoms. The number of amides is 1. The average Bonchev–Trinajstić information content (AvgIpc) is 3.15. The first-order valence-electron chi connectivity index (χ1n) is 17.9. The van der Waals surface area contributed by atoms with Gasteiger partial charge >= 0.3 is 0 Å². The Morgan fingerprint density at radius 3 is 1.63 bits per heavy atom. The fraction of sp³-hybridized carbons (Fsp3) is 0.968. The number of hydrogen-bond acceptors (Lipinski definition) is 22. The van der Waals surface area contributed by atoms with Crippen molar-refractivity contribution in [1.29, 1.82) is 0 Å². The van der Waals surface area contributed by atoms with Gasteiger partial charge in [0, 0.05) is 20.1 Å². The Hall–Kier alpha value is -1.37. The minimum absolute atomic E-state index is 0.196. The van der Waals surface area contributed by atoms with Gasteiger partial charge in [0.05, 0.1) is 19.8 Å². The molecule has 4 heterocycles. The molecule has 4 aliphatic heterocycles. The number of ether oxygens (including phenoxy) is 8. The van der Waals surface area contributed by atoms with Crippen LogP contribution in [-0.2, 0) is 42.7 Å². The van der Waals surface area contributed by atoms with Gasteiger partial charge in [0.15, 0.2) is 25.2 Å². The Morgan fingerprint density at radius 2 is 1.06 bits per heavy atom. The molecule has 316 valence electrons. The molecular formula is C31H57N3O20. The summed E-state index contributed by atoms with van der Waals surface area (Å²) >= 11 is 0. The molecule has 4 saturated heterocycles. The standard InChI is InChI=1S/C31H57N3O20/c1-11(38)34-16-19(41)17(39)13(8-35)49-28(16)54-27-18(40)14(9-36)50-31(24(27)46)53-26-15(10-37)51-30(23(45)21(26)43)52-25-12(7-33)48-29(22(44)20(25)42)47-6-4-2-3-5-32/h12-31,35-37,39-46H,2-10,32-33H2,1H3,(H,34,38). The third-order valence-corrected chi connectivity index (χ3v) is 9.77. The number of aliphatic hydroxyl groups is 11. The zero-order valence-electron chi connectivity index (χ0n) is 29.7. The fourth-order valence-corrected chi connectivity index (χ4v) is 6.73. The summed E-state index contributed by atoms with van der Waals surface area (Å²) in [5, 5.41) is 119.